The highest BCUT2D eigenvalue weighted by atomic mass is 16.5. The van der Waals surface area contributed by atoms with Crippen LogP contribution in [0.15, 0.2) is 54.6 Å². The van der Waals surface area contributed by atoms with Gasteiger partial charge in [0.15, 0.2) is 0 Å². The van der Waals surface area contributed by atoms with E-state index in [0.29, 0.717) is 24.4 Å². The van der Waals surface area contributed by atoms with Gasteiger partial charge in [-0.25, -0.2) is 0 Å². The number of benzene rings is 2. The Bertz CT molecular complexity index is 758. The van der Waals surface area contributed by atoms with Crippen LogP contribution in [0.4, 0.5) is 5.69 Å². The Kier molecular flexibility index (Phi) is 6.96. The van der Waals surface area contributed by atoms with Crippen LogP contribution in [-0.4, -0.2) is 37.7 Å². The van der Waals surface area contributed by atoms with Crippen molar-refractivity contribution < 1.29 is 19.1 Å². The fourth-order valence-corrected chi connectivity index (χ4v) is 2.92. The molecule has 1 atom stereocenters. The molecule has 6 heteroatoms. The molecule has 2 aromatic carbocycles. The van der Waals surface area contributed by atoms with Crippen LogP contribution in [0.3, 0.4) is 0 Å². The summed E-state index contributed by atoms with van der Waals surface area (Å²) in [6, 6.07) is 16.6. The molecule has 6 nitrogen and oxygen atoms in total. The van der Waals surface area contributed by atoms with Crippen LogP contribution >= 0.6 is 0 Å². The van der Waals surface area contributed by atoms with E-state index in [0.717, 1.165) is 25.0 Å². The van der Waals surface area contributed by atoms with Gasteiger partial charge in [-0.3, -0.25) is 9.59 Å². The van der Waals surface area contributed by atoms with Gasteiger partial charge in [-0.2, -0.15) is 0 Å². The number of hydrogen-bond acceptors (Lipinski definition) is 4. The number of amides is 2. The van der Waals surface area contributed by atoms with E-state index < -0.39 is 0 Å². The summed E-state index contributed by atoms with van der Waals surface area (Å²) in [7, 11) is 0. The first kappa shape index (κ1) is 19.1. The van der Waals surface area contributed by atoms with Crippen molar-refractivity contribution in [1.82, 2.24) is 5.32 Å². The van der Waals surface area contributed by atoms with E-state index in [1.807, 2.05) is 30.3 Å². The Balaban J connectivity index is 1.50. The highest BCUT2D eigenvalue weighted by molar-refractivity contribution is 6.03. The van der Waals surface area contributed by atoms with E-state index in [9.17, 15) is 9.59 Å². The number of ether oxygens (including phenoxy) is 2. The molecule has 1 heterocycles. The second-order valence-corrected chi connectivity index (χ2v) is 6.42. The molecule has 0 bridgehead atoms. The summed E-state index contributed by atoms with van der Waals surface area (Å²) in [4.78, 5) is 24.6. The van der Waals surface area contributed by atoms with Gasteiger partial charge in [0, 0.05) is 13.2 Å². The molecule has 3 rings (SSSR count). The molecule has 0 aliphatic carbocycles. The summed E-state index contributed by atoms with van der Waals surface area (Å²) in [6.45, 7) is 1.50. The third-order valence-electron chi connectivity index (χ3n) is 4.30. The molecule has 1 fully saturated rings. The summed E-state index contributed by atoms with van der Waals surface area (Å²) < 4.78 is 11.0. The molecule has 1 unspecified atom stereocenters. The van der Waals surface area contributed by atoms with Gasteiger partial charge in [-0.1, -0.05) is 42.5 Å². The van der Waals surface area contributed by atoms with Crippen molar-refractivity contribution in [2.24, 2.45) is 0 Å². The van der Waals surface area contributed by atoms with Crippen LogP contribution in [-0.2, 0) is 20.9 Å². The lowest BCUT2D eigenvalue weighted by molar-refractivity contribution is -0.121. The van der Waals surface area contributed by atoms with Gasteiger partial charge >= 0.3 is 0 Å². The van der Waals surface area contributed by atoms with E-state index in [-0.39, 0.29) is 24.5 Å². The van der Waals surface area contributed by atoms with Gasteiger partial charge in [0.05, 0.1) is 24.0 Å². The van der Waals surface area contributed by atoms with E-state index in [1.54, 1.807) is 24.3 Å². The zero-order valence-corrected chi connectivity index (χ0v) is 15.1. The fourth-order valence-electron chi connectivity index (χ4n) is 2.92. The van der Waals surface area contributed by atoms with Crippen LogP contribution in [0.1, 0.15) is 28.8 Å². The van der Waals surface area contributed by atoms with E-state index in [1.165, 1.54) is 0 Å². The van der Waals surface area contributed by atoms with Crippen molar-refractivity contribution in [2.45, 2.75) is 25.6 Å². The predicted octanol–water partition coefficient (Wildman–Crippen LogP) is 2.75. The number of hydrogen-bond donors (Lipinski definition) is 2. The summed E-state index contributed by atoms with van der Waals surface area (Å²) in [6.07, 6.45) is 2.05. The zero-order chi connectivity index (χ0) is 18.9. The molecule has 2 aromatic rings. The fraction of sp³-hybridized carbons (Fsp3) is 0.333. The quantitative estimate of drug-likeness (QED) is 0.751. The molecule has 2 N–H and O–H groups in total. The summed E-state index contributed by atoms with van der Waals surface area (Å²) in [5, 5.41) is 5.62. The van der Waals surface area contributed by atoms with Crippen LogP contribution in [0.2, 0.25) is 0 Å². The minimum atomic E-state index is -0.301. The van der Waals surface area contributed by atoms with Gasteiger partial charge in [0.2, 0.25) is 5.91 Å². The molecule has 27 heavy (non-hydrogen) atoms. The SMILES string of the molecule is O=C(COCc1ccccc1)Nc1ccccc1C(=O)NCC1CCCO1. The largest absolute Gasteiger partial charge is 0.376 e. The Morgan fingerprint density at radius 3 is 2.63 bits per heavy atom. The number of carbonyl (C=O) groups excluding carboxylic acids is 2. The minimum Gasteiger partial charge on any atom is -0.376 e. The van der Waals surface area contributed by atoms with E-state index in [2.05, 4.69) is 10.6 Å². The lowest BCUT2D eigenvalue weighted by atomic mass is 10.1. The molecule has 0 spiro atoms. The molecule has 1 saturated heterocycles. The van der Waals surface area contributed by atoms with Crippen LogP contribution in [0.25, 0.3) is 0 Å². The third kappa shape index (κ3) is 5.91. The topological polar surface area (TPSA) is 76.7 Å². The maximum Gasteiger partial charge on any atom is 0.253 e. The summed E-state index contributed by atoms with van der Waals surface area (Å²) in [5.74, 6) is -0.531. The summed E-state index contributed by atoms with van der Waals surface area (Å²) >= 11 is 0. The van der Waals surface area contributed by atoms with Gasteiger partial charge < -0.3 is 20.1 Å². The highest BCUT2D eigenvalue weighted by Gasteiger charge is 2.18. The Morgan fingerprint density at radius 2 is 1.85 bits per heavy atom. The van der Waals surface area contributed by atoms with Crippen LogP contribution in [0, 0.1) is 0 Å². The van der Waals surface area contributed by atoms with Crippen molar-refractivity contribution in [3.05, 3.63) is 65.7 Å². The maximum atomic E-state index is 12.5. The van der Waals surface area contributed by atoms with Crippen molar-refractivity contribution in [1.29, 1.82) is 0 Å². The van der Waals surface area contributed by atoms with Gasteiger partial charge in [-0.05, 0) is 30.5 Å². The van der Waals surface area contributed by atoms with Crippen molar-refractivity contribution in [2.75, 3.05) is 25.1 Å². The lowest BCUT2D eigenvalue weighted by Crippen LogP contribution is -2.32. The molecule has 1 aliphatic rings. The van der Waals surface area contributed by atoms with Crippen molar-refractivity contribution in [3.8, 4) is 0 Å². The molecule has 0 saturated carbocycles. The first-order valence-electron chi connectivity index (χ1n) is 9.13. The molecule has 0 aromatic heterocycles. The number of nitrogens with one attached hydrogen (secondary N) is 2. The van der Waals surface area contributed by atoms with Crippen LogP contribution < -0.4 is 10.6 Å². The smallest absolute Gasteiger partial charge is 0.253 e. The normalized spacial score (nSPS) is 16.1. The Morgan fingerprint density at radius 1 is 1.07 bits per heavy atom. The van der Waals surface area contributed by atoms with Gasteiger partial charge in [0.1, 0.15) is 6.61 Å². The van der Waals surface area contributed by atoms with Gasteiger partial charge in [0.25, 0.3) is 5.91 Å². The third-order valence-corrected chi connectivity index (χ3v) is 4.30. The second-order valence-electron chi connectivity index (χ2n) is 6.42. The molecule has 0 radical (unpaired) electrons. The minimum absolute atomic E-state index is 0.0714. The van der Waals surface area contributed by atoms with Crippen LogP contribution in [0.5, 0.6) is 0 Å². The number of carbonyl (C=O) groups is 2. The molecular formula is C21H24N2O4. The Hall–Kier alpha value is -2.70. The average Bonchev–Trinajstić information content (AvgIpc) is 3.21. The van der Waals surface area contributed by atoms with E-state index >= 15 is 0 Å². The van der Waals surface area contributed by atoms with Crippen molar-refractivity contribution in [3.63, 3.8) is 0 Å². The number of para-hydroxylation sites is 1. The number of anilines is 1. The van der Waals surface area contributed by atoms with Crippen molar-refractivity contribution >= 4 is 17.5 Å². The molecular weight excluding hydrogens is 344 g/mol. The Labute approximate surface area is 158 Å². The molecule has 1 aliphatic heterocycles. The second kappa shape index (κ2) is 9.85. The first-order valence-corrected chi connectivity index (χ1v) is 9.13. The maximum absolute atomic E-state index is 12.5. The monoisotopic (exact) mass is 368 g/mol. The molecule has 2 amide bonds. The molecule has 142 valence electrons. The van der Waals surface area contributed by atoms with Gasteiger partial charge in [-0.15, -0.1) is 0 Å². The average molecular weight is 368 g/mol. The predicted molar refractivity (Wildman–Crippen MR) is 102 cm³/mol. The summed E-state index contributed by atoms with van der Waals surface area (Å²) in [5.41, 5.74) is 1.89. The lowest BCUT2D eigenvalue weighted by Gasteiger charge is -2.14. The van der Waals surface area contributed by atoms with E-state index in [4.69, 9.17) is 9.47 Å². The number of rotatable bonds is 8. The first-order chi connectivity index (χ1) is 13.2. The zero-order valence-electron chi connectivity index (χ0n) is 15.1. The highest BCUT2D eigenvalue weighted by Crippen LogP contribution is 2.16. The standard InChI is InChI=1S/C21H24N2O4/c24-20(15-26-14-16-7-2-1-3-8-16)23-19-11-5-4-10-18(19)21(25)22-13-17-9-6-12-27-17/h1-5,7-8,10-11,17H,6,9,12-15H2,(H,22,25)(H,23,24).